The van der Waals surface area contributed by atoms with E-state index in [0.29, 0.717) is 11.8 Å². The highest BCUT2D eigenvalue weighted by Gasteiger charge is 2.26. The molecular weight excluding hydrogens is 248 g/mol. The summed E-state index contributed by atoms with van der Waals surface area (Å²) in [6, 6.07) is 10.9. The highest BCUT2D eigenvalue weighted by Crippen LogP contribution is 2.39. The second-order valence-corrected chi connectivity index (χ2v) is 5.76. The third kappa shape index (κ3) is 2.92. The van der Waals surface area contributed by atoms with Crippen LogP contribution in [0.15, 0.2) is 34.9 Å². The second kappa shape index (κ2) is 6.21. The van der Waals surface area contributed by atoms with Gasteiger partial charge in [0.1, 0.15) is 0 Å². The van der Waals surface area contributed by atoms with Gasteiger partial charge in [-0.2, -0.15) is 4.98 Å². The molecule has 0 aliphatic heterocycles. The molecule has 1 aliphatic carbocycles. The molecule has 0 bridgehead atoms. The zero-order valence-electron chi connectivity index (χ0n) is 12.1. The minimum atomic E-state index is 0.466. The van der Waals surface area contributed by atoms with Gasteiger partial charge in [-0.1, -0.05) is 42.4 Å². The second-order valence-electron chi connectivity index (χ2n) is 5.76. The number of hydrogen-bond donors (Lipinski definition) is 0. The van der Waals surface area contributed by atoms with Gasteiger partial charge in [-0.25, -0.2) is 0 Å². The number of aryl methyl sites for hydroxylation is 1. The first-order chi connectivity index (χ1) is 9.86. The number of benzene rings is 1. The fourth-order valence-electron chi connectivity index (χ4n) is 3.16. The zero-order chi connectivity index (χ0) is 13.8. The molecule has 3 rings (SSSR count). The molecule has 0 unspecified atom stereocenters. The quantitative estimate of drug-likeness (QED) is 0.823. The van der Waals surface area contributed by atoms with Crippen molar-refractivity contribution in [1.82, 2.24) is 10.1 Å². The zero-order valence-corrected chi connectivity index (χ0v) is 12.1. The molecule has 0 atom stereocenters. The molecule has 1 fully saturated rings. The summed E-state index contributed by atoms with van der Waals surface area (Å²) in [7, 11) is 0. The van der Waals surface area contributed by atoms with Gasteiger partial charge in [-0.15, -0.1) is 0 Å². The van der Waals surface area contributed by atoms with E-state index < -0.39 is 0 Å². The fraction of sp³-hybridized carbons (Fsp3) is 0.529. The first-order valence-electron chi connectivity index (χ1n) is 7.74. The van der Waals surface area contributed by atoms with Crippen molar-refractivity contribution in [2.24, 2.45) is 0 Å². The Morgan fingerprint density at radius 3 is 2.45 bits per heavy atom. The van der Waals surface area contributed by atoms with E-state index in [9.17, 15) is 0 Å². The third-order valence-electron chi connectivity index (χ3n) is 4.30. The van der Waals surface area contributed by atoms with Crippen LogP contribution in [0.2, 0.25) is 0 Å². The third-order valence-corrected chi connectivity index (χ3v) is 4.30. The van der Waals surface area contributed by atoms with E-state index in [1.807, 2.05) is 0 Å². The average Bonchev–Trinajstić information content (AvgIpc) is 2.97. The van der Waals surface area contributed by atoms with Crippen molar-refractivity contribution in [1.29, 1.82) is 0 Å². The smallest absolute Gasteiger partial charge is 0.229 e. The molecule has 0 N–H and O–H groups in total. The van der Waals surface area contributed by atoms with Crippen LogP contribution in [-0.4, -0.2) is 10.1 Å². The highest BCUT2D eigenvalue weighted by molar-refractivity contribution is 5.20. The van der Waals surface area contributed by atoms with Crippen molar-refractivity contribution in [3.63, 3.8) is 0 Å². The van der Waals surface area contributed by atoms with Crippen LogP contribution in [0.3, 0.4) is 0 Å². The Morgan fingerprint density at radius 1 is 1.05 bits per heavy atom. The van der Waals surface area contributed by atoms with Crippen LogP contribution < -0.4 is 0 Å². The number of hydrogen-bond acceptors (Lipinski definition) is 3. The van der Waals surface area contributed by atoms with Crippen LogP contribution in [0.25, 0.3) is 0 Å². The normalized spacial score (nSPS) is 22.9. The summed E-state index contributed by atoms with van der Waals surface area (Å²) in [4.78, 5) is 4.54. The maximum absolute atomic E-state index is 5.44. The van der Waals surface area contributed by atoms with Crippen molar-refractivity contribution in [3.8, 4) is 0 Å². The van der Waals surface area contributed by atoms with Gasteiger partial charge in [0.15, 0.2) is 5.82 Å². The summed E-state index contributed by atoms with van der Waals surface area (Å²) >= 11 is 0. The summed E-state index contributed by atoms with van der Waals surface area (Å²) in [5.41, 5.74) is 1.48. The van der Waals surface area contributed by atoms with Crippen LogP contribution in [0.5, 0.6) is 0 Å². The van der Waals surface area contributed by atoms with Gasteiger partial charge in [0, 0.05) is 12.3 Å². The van der Waals surface area contributed by atoms with Gasteiger partial charge in [0.05, 0.1) is 0 Å². The SMILES string of the molecule is CCCc1noc(C2CCC(c3ccccc3)CC2)n1. The standard InChI is InChI=1S/C17H22N2O/c1-2-6-16-18-17(20-19-16)15-11-9-14(10-12-15)13-7-4-3-5-8-13/h3-5,7-8,14-15H,2,6,9-12H2,1H3. The van der Waals surface area contributed by atoms with E-state index >= 15 is 0 Å². The molecule has 3 heteroatoms. The van der Waals surface area contributed by atoms with Crippen molar-refractivity contribution >= 4 is 0 Å². The summed E-state index contributed by atoms with van der Waals surface area (Å²) in [6.07, 6.45) is 6.75. The highest BCUT2D eigenvalue weighted by atomic mass is 16.5. The summed E-state index contributed by atoms with van der Waals surface area (Å²) in [5, 5.41) is 4.07. The molecule has 1 heterocycles. The lowest BCUT2D eigenvalue weighted by Crippen LogP contribution is -2.12. The topological polar surface area (TPSA) is 38.9 Å². The van der Waals surface area contributed by atoms with Gasteiger partial charge in [-0.3, -0.25) is 0 Å². The fourth-order valence-corrected chi connectivity index (χ4v) is 3.16. The first-order valence-corrected chi connectivity index (χ1v) is 7.74. The molecule has 3 nitrogen and oxygen atoms in total. The monoisotopic (exact) mass is 270 g/mol. The Bertz CT molecular complexity index is 527. The van der Waals surface area contributed by atoms with E-state index in [0.717, 1.165) is 37.4 Å². The van der Waals surface area contributed by atoms with Crippen LogP contribution in [0.1, 0.15) is 68.1 Å². The summed E-state index contributed by atoms with van der Waals surface area (Å²) in [5.74, 6) is 2.89. The molecule has 2 aromatic rings. The lowest BCUT2D eigenvalue weighted by molar-refractivity contribution is 0.299. The van der Waals surface area contributed by atoms with Crippen LogP contribution >= 0.6 is 0 Å². The van der Waals surface area contributed by atoms with Gasteiger partial charge in [0.25, 0.3) is 0 Å². The number of rotatable bonds is 4. The summed E-state index contributed by atoms with van der Waals surface area (Å²) in [6.45, 7) is 2.14. The first kappa shape index (κ1) is 13.3. The molecule has 0 amide bonds. The molecule has 0 radical (unpaired) electrons. The van der Waals surface area contributed by atoms with E-state index in [-0.39, 0.29) is 0 Å². The Balaban J connectivity index is 1.60. The van der Waals surface area contributed by atoms with Crippen molar-refractivity contribution in [2.45, 2.75) is 57.3 Å². The Kier molecular flexibility index (Phi) is 4.14. The van der Waals surface area contributed by atoms with E-state index in [1.165, 1.54) is 18.4 Å². The minimum absolute atomic E-state index is 0.466. The molecule has 1 aromatic heterocycles. The lowest BCUT2D eigenvalue weighted by atomic mass is 9.78. The molecule has 1 aliphatic rings. The molecule has 106 valence electrons. The molecule has 0 saturated heterocycles. The Labute approximate surface area is 120 Å². The van der Waals surface area contributed by atoms with E-state index in [4.69, 9.17) is 4.52 Å². The van der Waals surface area contributed by atoms with Crippen LogP contribution in [-0.2, 0) is 6.42 Å². The predicted molar refractivity (Wildman–Crippen MR) is 78.7 cm³/mol. The molecule has 1 aromatic carbocycles. The Morgan fingerprint density at radius 2 is 1.75 bits per heavy atom. The van der Waals surface area contributed by atoms with Crippen LogP contribution in [0.4, 0.5) is 0 Å². The predicted octanol–water partition coefficient (Wildman–Crippen LogP) is 4.46. The van der Waals surface area contributed by atoms with Gasteiger partial charge in [0.2, 0.25) is 5.89 Å². The minimum Gasteiger partial charge on any atom is -0.339 e. The average molecular weight is 270 g/mol. The largest absolute Gasteiger partial charge is 0.339 e. The molecule has 20 heavy (non-hydrogen) atoms. The van der Waals surface area contributed by atoms with E-state index in [1.54, 1.807) is 0 Å². The van der Waals surface area contributed by atoms with Gasteiger partial charge < -0.3 is 4.52 Å². The molecule has 1 saturated carbocycles. The lowest BCUT2D eigenvalue weighted by Gasteiger charge is -2.26. The van der Waals surface area contributed by atoms with Crippen molar-refractivity contribution in [2.75, 3.05) is 0 Å². The van der Waals surface area contributed by atoms with Crippen molar-refractivity contribution in [3.05, 3.63) is 47.6 Å². The van der Waals surface area contributed by atoms with Crippen molar-refractivity contribution < 1.29 is 4.52 Å². The maximum atomic E-state index is 5.44. The molecular formula is C17H22N2O. The Hall–Kier alpha value is -1.64. The molecule has 0 spiro atoms. The number of nitrogens with zero attached hydrogens (tertiary/aromatic N) is 2. The van der Waals surface area contributed by atoms with Gasteiger partial charge >= 0.3 is 0 Å². The number of aromatic nitrogens is 2. The van der Waals surface area contributed by atoms with E-state index in [2.05, 4.69) is 47.4 Å². The maximum Gasteiger partial charge on any atom is 0.229 e. The summed E-state index contributed by atoms with van der Waals surface area (Å²) < 4.78 is 5.44. The van der Waals surface area contributed by atoms with Crippen LogP contribution in [0, 0.1) is 0 Å². The van der Waals surface area contributed by atoms with Gasteiger partial charge in [-0.05, 0) is 43.6 Å².